The van der Waals surface area contributed by atoms with Crippen LogP contribution in [0.25, 0.3) is 0 Å². The normalized spacial score (nSPS) is 24.7. The highest BCUT2D eigenvalue weighted by Gasteiger charge is 2.62. The minimum atomic E-state index is -0.883. The molecule has 9 heteroatoms. The van der Waals surface area contributed by atoms with Gasteiger partial charge in [0.25, 0.3) is 0 Å². The van der Waals surface area contributed by atoms with Crippen molar-refractivity contribution >= 4 is 17.9 Å². The van der Waals surface area contributed by atoms with Gasteiger partial charge in [0.1, 0.15) is 36.6 Å². The number of carbonyl (C=O) groups excluding carboxylic acids is 3. The van der Waals surface area contributed by atoms with E-state index in [1.807, 2.05) is 26.0 Å². The van der Waals surface area contributed by atoms with Crippen LogP contribution in [-0.2, 0) is 35.0 Å². The molecule has 1 saturated carbocycles. The van der Waals surface area contributed by atoms with Gasteiger partial charge in [0.15, 0.2) is 6.79 Å². The molecule has 0 amide bonds. The molecule has 0 spiro atoms. The second-order valence-corrected chi connectivity index (χ2v) is 13.9. The number of phenolic OH excluding ortho intramolecular Hbond substituents is 1. The van der Waals surface area contributed by atoms with Crippen molar-refractivity contribution in [1.82, 2.24) is 0 Å². The Hall–Kier alpha value is -4.11. The Labute approximate surface area is 297 Å². The van der Waals surface area contributed by atoms with Crippen LogP contribution in [0.15, 0.2) is 72.4 Å². The molecular formula is C41H54O9. The van der Waals surface area contributed by atoms with Gasteiger partial charge in [-0.1, -0.05) is 75.8 Å². The van der Waals surface area contributed by atoms with Gasteiger partial charge in [0.2, 0.25) is 0 Å². The lowest BCUT2D eigenvalue weighted by Gasteiger charge is -2.44. The van der Waals surface area contributed by atoms with Gasteiger partial charge in [-0.2, -0.15) is 0 Å². The van der Waals surface area contributed by atoms with E-state index in [0.29, 0.717) is 16.9 Å². The van der Waals surface area contributed by atoms with E-state index in [0.717, 1.165) is 49.7 Å². The van der Waals surface area contributed by atoms with E-state index < -0.39 is 30.1 Å². The molecule has 1 N–H and O–H groups in total. The standard InChI is InChI=1S/C41H54O9/c1-9-12-13-14-28-20-32(42)36(30-19-25(6)15-16-29(30)24(4)5)33(21-28)49-23-46-22-31-26(7)34-35(27(8)50-41(45)48-18-11-3)39(43)38(34)37(31)40(44)47-17-10-2/h10-11,19-21,26-27,29-30,34-35,38,42H,2-4,9,12-18,22-23H2,1,5-8H3/t26-,27+,29-,30+,34?,35+,38?/m0/s1. The molecule has 3 aliphatic rings. The summed E-state index contributed by atoms with van der Waals surface area (Å²) < 4.78 is 28.2. The summed E-state index contributed by atoms with van der Waals surface area (Å²) in [5, 5.41) is 11.4. The van der Waals surface area contributed by atoms with Crippen LogP contribution in [0.1, 0.15) is 83.8 Å². The number of benzene rings is 1. The van der Waals surface area contributed by atoms with Gasteiger partial charge < -0.3 is 28.8 Å². The smallest absolute Gasteiger partial charge is 0.507 e. The summed E-state index contributed by atoms with van der Waals surface area (Å²) in [6.45, 7) is 21.2. The van der Waals surface area contributed by atoms with E-state index in [1.165, 1.54) is 17.7 Å². The Morgan fingerprint density at radius 3 is 2.52 bits per heavy atom. The zero-order chi connectivity index (χ0) is 36.5. The van der Waals surface area contributed by atoms with E-state index in [9.17, 15) is 19.5 Å². The van der Waals surface area contributed by atoms with Gasteiger partial charge in [-0.15, -0.1) is 0 Å². The predicted octanol–water partition coefficient (Wildman–Crippen LogP) is 8.33. The summed E-state index contributed by atoms with van der Waals surface area (Å²) in [4.78, 5) is 39.0. The summed E-state index contributed by atoms with van der Waals surface area (Å²) in [5.74, 6) is -1.79. The SMILES string of the molecule is C=CCOC(=O)O[C@H](C)[C@H]1C(=O)C2C(C(=O)OCC=C)=C(COCOc3cc(CCCCC)cc(O)c3[C@@H]3C=C(C)CC[C@H]3C(=C)C)[C@H](C)C21. The first kappa shape index (κ1) is 38.7. The Kier molecular flexibility index (Phi) is 13.7. The quantitative estimate of drug-likeness (QED) is 0.0702. The van der Waals surface area contributed by atoms with Crippen molar-refractivity contribution < 1.29 is 43.2 Å². The minimum absolute atomic E-state index is 0.00123. The Morgan fingerprint density at radius 2 is 1.84 bits per heavy atom. The number of hydrogen-bond donors (Lipinski definition) is 1. The number of carbonyl (C=O) groups is 3. The molecule has 0 bridgehead atoms. The van der Waals surface area contributed by atoms with Crippen LogP contribution in [0.5, 0.6) is 11.5 Å². The molecule has 1 fully saturated rings. The molecule has 1 aromatic rings. The van der Waals surface area contributed by atoms with E-state index in [2.05, 4.69) is 39.7 Å². The summed E-state index contributed by atoms with van der Waals surface area (Å²) >= 11 is 0. The maximum Gasteiger partial charge on any atom is 0.508 e. The van der Waals surface area contributed by atoms with Gasteiger partial charge in [-0.3, -0.25) is 4.79 Å². The third-order valence-electron chi connectivity index (χ3n) is 10.4. The van der Waals surface area contributed by atoms with Crippen molar-refractivity contribution in [1.29, 1.82) is 0 Å². The van der Waals surface area contributed by atoms with Crippen LogP contribution in [-0.4, -0.2) is 55.7 Å². The Balaban J connectivity index is 1.56. The first-order valence-electron chi connectivity index (χ1n) is 17.8. The molecule has 272 valence electrons. The van der Waals surface area contributed by atoms with Crippen LogP contribution in [0.3, 0.4) is 0 Å². The zero-order valence-corrected chi connectivity index (χ0v) is 30.3. The number of Topliss-reactive ketones (excluding diaryl/α,β-unsaturated/α-hetero) is 1. The zero-order valence-electron chi connectivity index (χ0n) is 30.3. The number of allylic oxidation sites excluding steroid dienone is 3. The van der Waals surface area contributed by atoms with Gasteiger partial charge in [-0.05, 0) is 87.5 Å². The van der Waals surface area contributed by atoms with Gasteiger partial charge in [-0.25, -0.2) is 9.59 Å². The number of fused-ring (bicyclic) bond motifs is 1. The molecule has 0 aromatic heterocycles. The molecule has 0 heterocycles. The van der Waals surface area contributed by atoms with Gasteiger partial charge in [0, 0.05) is 17.1 Å². The van der Waals surface area contributed by atoms with Crippen LogP contribution in [0.2, 0.25) is 0 Å². The molecule has 3 aliphatic carbocycles. The molecular weight excluding hydrogens is 636 g/mol. The first-order valence-corrected chi connectivity index (χ1v) is 17.8. The molecule has 4 rings (SSSR count). The van der Waals surface area contributed by atoms with Crippen LogP contribution in [0, 0.1) is 29.6 Å². The van der Waals surface area contributed by atoms with Gasteiger partial charge >= 0.3 is 12.1 Å². The van der Waals surface area contributed by atoms with E-state index in [1.54, 1.807) is 6.92 Å². The van der Waals surface area contributed by atoms with Crippen LogP contribution in [0.4, 0.5) is 4.79 Å². The summed E-state index contributed by atoms with van der Waals surface area (Å²) in [7, 11) is 0. The average Bonchev–Trinajstić information content (AvgIpc) is 3.31. The molecule has 50 heavy (non-hydrogen) atoms. The molecule has 9 nitrogen and oxygen atoms in total. The van der Waals surface area contributed by atoms with Crippen molar-refractivity contribution in [2.75, 3.05) is 26.6 Å². The summed E-state index contributed by atoms with van der Waals surface area (Å²) in [6.07, 6.45) is 9.38. The van der Waals surface area contributed by atoms with Crippen molar-refractivity contribution in [3.63, 3.8) is 0 Å². The maximum absolute atomic E-state index is 13.5. The molecule has 0 radical (unpaired) electrons. The molecule has 0 aliphatic heterocycles. The van der Waals surface area contributed by atoms with Crippen molar-refractivity contribution in [2.45, 2.75) is 85.2 Å². The summed E-state index contributed by atoms with van der Waals surface area (Å²) in [6, 6.07) is 3.85. The van der Waals surface area contributed by atoms with Crippen LogP contribution >= 0.6 is 0 Å². The third-order valence-corrected chi connectivity index (χ3v) is 10.4. The number of esters is 1. The number of unbranched alkanes of at least 4 members (excludes halogenated alkanes) is 2. The second kappa shape index (κ2) is 17.7. The van der Waals surface area contributed by atoms with E-state index >= 15 is 0 Å². The maximum atomic E-state index is 13.5. The van der Waals surface area contributed by atoms with E-state index in [-0.39, 0.29) is 67.4 Å². The largest absolute Gasteiger partial charge is 0.508 e. The highest BCUT2D eigenvalue weighted by molar-refractivity contribution is 6.05. The molecule has 2 unspecified atom stereocenters. The van der Waals surface area contributed by atoms with Crippen molar-refractivity contribution in [2.24, 2.45) is 29.6 Å². The number of ketones is 1. The monoisotopic (exact) mass is 690 g/mol. The lowest BCUT2D eigenvalue weighted by atomic mass is 9.59. The number of aromatic hydroxyl groups is 1. The fourth-order valence-electron chi connectivity index (χ4n) is 7.91. The first-order chi connectivity index (χ1) is 23.9. The third kappa shape index (κ3) is 8.60. The summed E-state index contributed by atoms with van der Waals surface area (Å²) in [5.41, 5.74) is 4.96. The number of ether oxygens (including phenoxy) is 5. The number of hydrogen-bond acceptors (Lipinski definition) is 9. The number of rotatable bonds is 18. The molecule has 1 aromatic carbocycles. The highest BCUT2D eigenvalue weighted by Crippen LogP contribution is 2.56. The molecule has 0 saturated heterocycles. The second-order valence-electron chi connectivity index (χ2n) is 13.9. The van der Waals surface area contributed by atoms with Gasteiger partial charge in [0.05, 0.1) is 18.4 Å². The van der Waals surface area contributed by atoms with Crippen LogP contribution < -0.4 is 4.74 Å². The fraction of sp³-hybridized carbons (Fsp3) is 0.537. The van der Waals surface area contributed by atoms with Crippen molar-refractivity contribution in [3.05, 3.63) is 83.5 Å². The number of aryl methyl sites for hydroxylation is 1. The number of phenols is 1. The highest BCUT2D eigenvalue weighted by atomic mass is 16.7. The Morgan fingerprint density at radius 1 is 1.12 bits per heavy atom. The minimum Gasteiger partial charge on any atom is -0.507 e. The van der Waals surface area contributed by atoms with E-state index in [4.69, 9.17) is 23.7 Å². The molecule has 7 atom stereocenters. The predicted molar refractivity (Wildman–Crippen MR) is 192 cm³/mol. The lowest BCUT2D eigenvalue weighted by Crippen LogP contribution is -2.54. The van der Waals surface area contributed by atoms with Crippen molar-refractivity contribution in [3.8, 4) is 11.5 Å². The average molecular weight is 691 g/mol. The Bertz CT molecular complexity index is 1520. The topological polar surface area (TPSA) is 118 Å². The fourth-order valence-corrected chi connectivity index (χ4v) is 7.91. The lowest BCUT2D eigenvalue weighted by molar-refractivity contribution is -0.153.